The average Bonchev–Trinajstić information content (AvgIpc) is 3.03. The van der Waals surface area contributed by atoms with Crippen LogP contribution in [0.2, 0.25) is 0 Å². The topological polar surface area (TPSA) is 82.3 Å². The van der Waals surface area contributed by atoms with Gasteiger partial charge in [0.05, 0.1) is 7.11 Å². The van der Waals surface area contributed by atoms with Crippen LogP contribution in [0.3, 0.4) is 0 Å². The summed E-state index contributed by atoms with van der Waals surface area (Å²) in [6.45, 7) is 1.94. The van der Waals surface area contributed by atoms with Gasteiger partial charge in [0.15, 0.2) is 5.65 Å². The minimum atomic E-state index is -0.292. The van der Waals surface area contributed by atoms with E-state index in [1.165, 1.54) is 18.9 Å². The number of ether oxygens (including phenoxy) is 1. The second-order valence-corrected chi connectivity index (χ2v) is 5.94. The van der Waals surface area contributed by atoms with Gasteiger partial charge in [0.2, 0.25) is 5.82 Å². The summed E-state index contributed by atoms with van der Waals surface area (Å²) in [4.78, 5) is 16.0. The zero-order valence-corrected chi connectivity index (χ0v) is 13.5. The normalized spacial score (nSPS) is 12.3. The maximum atomic E-state index is 11.7. The Morgan fingerprint density at radius 1 is 1.30 bits per heavy atom. The predicted octanol–water partition coefficient (Wildman–Crippen LogP) is 2.23. The van der Waals surface area contributed by atoms with E-state index in [2.05, 4.69) is 20.3 Å². The number of thioether (sulfide) groups is 1. The molecule has 7 nitrogen and oxygen atoms in total. The molecule has 3 rings (SSSR count). The number of aromatic nitrogens is 5. The molecule has 3 heterocycles. The second kappa shape index (κ2) is 6.74. The maximum absolute atomic E-state index is 11.7. The smallest absolute Gasteiger partial charge is 0.319 e. The molecule has 0 spiro atoms. The van der Waals surface area contributed by atoms with Gasteiger partial charge < -0.3 is 4.74 Å². The van der Waals surface area contributed by atoms with Crippen LogP contribution in [0, 0.1) is 0 Å². The van der Waals surface area contributed by atoms with E-state index >= 15 is 0 Å². The summed E-state index contributed by atoms with van der Waals surface area (Å²) < 4.78 is 6.45. The highest BCUT2D eigenvalue weighted by Crippen LogP contribution is 2.25. The molecule has 0 N–H and O–H groups in total. The van der Waals surface area contributed by atoms with Crippen molar-refractivity contribution in [2.45, 2.75) is 23.6 Å². The summed E-state index contributed by atoms with van der Waals surface area (Å²) in [5.74, 6) is 0.308. The molecule has 0 aliphatic carbocycles. The van der Waals surface area contributed by atoms with E-state index in [1.54, 1.807) is 10.7 Å². The SMILES string of the molecule is CCC(Sc1ccc2nnc(-c3ccccn3)n2n1)C(=O)OC. The van der Waals surface area contributed by atoms with Crippen molar-refractivity contribution in [1.82, 2.24) is 24.8 Å². The Hall–Kier alpha value is -2.48. The number of pyridine rings is 1. The average molecular weight is 329 g/mol. The molecule has 1 unspecified atom stereocenters. The minimum Gasteiger partial charge on any atom is -0.468 e. The highest BCUT2D eigenvalue weighted by atomic mass is 32.2. The lowest BCUT2D eigenvalue weighted by Gasteiger charge is -2.11. The number of hydrogen-bond acceptors (Lipinski definition) is 7. The zero-order chi connectivity index (χ0) is 16.2. The molecule has 3 aromatic heterocycles. The van der Waals surface area contributed by atoms with Gasteiger partial charge in [-0.1, -0.05) is 24.8 Å². The van der Waals surface area contributed by atoms with Gasteiger partial charge in [0, 0.05) is 6.20 Å². The van der Waals surface area contributed by atoms with Crippen LogP contribution in [0.15, 0.2) is 41.6 Å². The summed E-state index contributed by atoms with van der Waals surface area (Å²) >= 11 is 1.36. The highest BCUT2D eigenvalue weighted by molar-refractivity contribution is 8.00. The first-order valence-corrected chi connectivity index (χ1v) is 7.99. The quantitative estimate of drug-likeness (QED) is 0.524. The molecule has 0 saturated heterocycles. The summed E-state index contributed by atoms with van der Waals surface area (Å²) in [6.07, 6.45) is 2.35. The first kappa shape index (κ1) is 15.4. The van der Waals surface area contributed by atoms with Crippen molar-refractivity contribution in [3.05, 3.63) is 36.5 Å². The highest BCUT2D eigenvalue weighted by Gasteiger charge is 2.20. The minimum absolute atomic E-state index is 0.256. The summed E-state index contributed by atoms with van der Waals surface area (Å²) in [5, 5.41) is 13.2. The Balaban J connectivity index is 1.96. The first-order chi connectivity index (χ1) is 11.2. The predicted molar refractivity (Wildman–Crippen MR) is 86.0 cm³/mol. The third-order valence-electron chi connectivity index (χ3n) is 3.23. The molecule has 23 heavy (non-hydrogen) atoms. The second-order valence-electron chi connectivity index (χ2n) is 4.72. The first-order valence-electron chi connectivity index (χ1n) is 7.11. The van der Waals surface area contributed by atoms with Gasteiger partial charge in [-0.05, 0) is 30.7 Å². The van der Waals surface area contributed by atoms with Gasteiger partial charge in [-0.25, -0.2) is 0 Å². The molecular weight excluding hydrogens is 314 g/mol. The van der Waals surface area contributed by atoms with E-state index in [4.69, 9.17) is 4.74 Å². The summed E-state index contributed by atoms with van der Waals surface area (Å²) in [5.41, 5.74) is 1.32. The van der Waals surface area contributed by atoms with Crippen LogP contribution in [0.1, 0.15) is 13.3 Å². The number of carbonyl (C=O) groups excluding carboxylic acids is 1. The molecule has 0 aliphatic rings. The van der Waals surface area contributed by atoms with Gasteiger partial charge in [-0.3, -0.25) is 9.78 Å². The molecule has 0 bridgehead atoms. The largest absolute Gasteiger partial charge is 0.468 e. The molecule has 0 fully saturated rings. The van der Waals surface area contributed by atoms with Crippen LogP contribution in [-0.4, -0.2) is 43.1 Å². The Morgan fingerprint density at radius 2 is 2.17 bits per heavy atom. The van der Waals surface area contributed by atoms with E-state index in [0.717, 1.165) is 0 Å². The summed E-state index contributed by atoms with van der Waals surface area (Å²) in [7, 11) is 1.39. The Labute approximate surface area is 137 Å². The number of hydrogen-bond donors (Lipinski definition) is 0. The van der Waals surface area contributed by atoms with Gasteiger partial charge in [0.25, 0.3) is 0 Å². The van der Waals surface area contributed by atoms with E-state index < -0.39 is 0 Å². The molecular formula is C15H15N5O2S. The van der Waals surface area contributed by atoms with Crippen molar-refractivity contribution < 1.29 is 9.53 Å². The molecule has 0 amide bonds. The lowest BCUT2D eigenvalue weighted by atomic mass is 10.3. The van der Waals surface area contributed by atoms with Crippen molar-refractivity contribution in [1.29, 1.82) is 0 Å². The molecule has 0 aromatic carbocycles. The maximum Gasteiger partial charge on any atom is 0.319 e. The fraction of sp³-hybridized carbons (Fsp3) is 0.267. The molecule has 1 atom stereocenters. The van der Waals surface area contributed by atoms with Crippen LogP contribution < -0.4 is 0 Å². The lowest BCUT2D eigenvalue weighted by molar-refractivity contribution is -0.140. The summed E-state index contributed by atoms with van der Waals surface area (Å²) in [6, 6.07) is 9.21. The fourth-order valence-corrected chi connectivity index (χ4v) is 2.99. The third kappa shape index (κ3) is 3.16. The molecule has 3 aromatic rings. The Bertz CT molecular complexity index is 821. The molecule has 118 valence electrons. The monoisotopic (exact) mass is 329 g/mol. The van der Waals surface area contributed by atoms with Gasteiger partial charge >= 0.3 is 5.97 Å². The number of carbonyl (C=O) groups is 1. The number of methoxy groups -OCH3 is 1. The van der Waals surface area contributed by atoms with Gasteiger partial charge in [-0.15, -0.1) is 10.2 Å². The van der Waals surface area contributed by atoms with Crippen molar-refractivity contribution in [2.75, 3.05) is 7.11 Å². The number of esters is 1. The molecule has 0 saturated carbocycles. The van der Waals surface area contributed by atoms with E-state index in [0.29, 0.717) is 28.6 Å². The Kier molecular flexibility index (Phi) is 4.52. The third-order valence-corrected chi connectivity index (χ3v) is 4.50. The van der Waals surface area contributed by atoms with Crippen molar-refractivity contribution in [3.8, 4) is 11.5 Å². The van der Waals surface area contributed by atoms with Crippen LogP contribution in [0.25, 0.3) is 17.2 Å². The molecule has 0 aliphatic heterocycles. The van der Waals surface area contributed by atoms with Crippen molar-refractivity contribution >= 4 is 23.4 Å². The van der Waals surface area contributed by atoms with Crippen LogP contribution in [-0.2, 0) is 9.53 Å². The zero-order valence-electron chi connectivity index (χ0n) is 12.7. The van der Waals surface area contributed by atoms with E-state index in [1.807, 2.05) is 37.3 Å². The molecule has 8 heteroatoms. The van der Waals surface area contributed by atoms with Crippen LogP contribution >= 0.6 is 11.8 Å². The van der Waals surface area contributed by atoms with Gasteiger partial charge in [-0.2, -0.15) is 9.61 Å². The van der Waals surface area contributed by atoms with E-state index in [9.17, 15) is 4.79 Å². The fourth-order valence-electron chi connectivity index (χ4n) is 2.06. The number of rotatable bonds is 5. The molecule has 0 radical (unpaired) electrons. The van der Waals surface area contributed by atoms with E-state index in [-0.39, 0.29) is 11.2 Å². The van der Waals surface area contributed by atoms with Crippen molar-refractivity contribution in [3.63, 3.8) is 0 Å². The standard InChI is InChI=1S/C15H15N5O2S/c1-3-11(15(21)22-2)23-13-8-7-12-17-18-14(20(12)19-13)10-6-4-5-9-16-10/h4-9,11H,3H2,1-2H3. The van der Waals surface area contributed by atoms with Crippen LogP contribution in [0.4, 0.5) is 0 Å². The number of nitrogens with zero attached hydrogens (tertiary/aromatic N) is 5. The Morgan fingerprint density at radius 3 is 2.87 bits per heavy atom. The van der Waals surface area contributed by atoms with Crippen molar-refractivity contribution in [2.24, 2.45) is 0 Å². The number of fused-ring (bicyclic) bond motifs is 1. The lowest BCUT2D eigenvalue weighted by Crippen LogP contribution is -2.18. The van der Waals surface area contributed by atoms with Crippen LogP contribution in [0.5, 0.6) is 0 Å². The van der Waals surface area contributed by atoms with Gasteiger partial charge in [0.1, 0.15) is 16.0 Å².